The third kappa shape index (κ3) is 1.23. The maximum atomic E-state index is 5.70. The Labute approximate surface area is 104 Å². The molecular formula is C10H7Br2NO2. The molecule has 0 N–H and O–H groups in total. The van der Waals surface area contributed by atoms with Crippen LogP contribution in [-0.2, 0) is 4.74 Å². The van der Waals surface area contributed by atoms with E-state index < -0.39 is 0 Å². The Morgan fingerprint density at radius 3 is 2.80 bits per heavy atom. The summed E-state index contributed by atoms with van der Waals surface area (Å²) in [5, 5.41) is 0. The molecule has 0 amide bonds. The summed E-state index contributed by atoms with van der Waals surface area (Å²) in [6.45, 7) is 0. The number of halogens is 2. The van der Waals surface area contributed by atoms with Gasteiger partial charge in [0.2, 0.25) is 0 Å². The first-order chi connectivity index (χ1) is 7.22. The van der Waals surface area contributed by atoms with Crippen LogP contribution >= 0.6 is 31.9 Å². The van der Waals surface area contributed by atoms with E-state index in [1.165, 1.54) is 0 Å². The fraction of sp³-hybridized carbons (Fsp3) is 0.300. The number of pyridine rings is 1. The normalized spacial score (nSPS) is 25.8. The highest BCUT2D eigenvalue weighted by molar-refractivity contribution is 9.13. The Bertz CT molecular complexity index is 473. The molecule has 0 radical (unpaired) electrons. The zero-order valence-electron chi connectivity index (χ0n) is 7.83. The van der Waals surface area contributed by atoms with Gasteiger partial charge in [0.15, 0.2) is 0 Å². The van der Waals surface area contributed by atoms with Crippen LogP contribution in [0.15, 0.2) is 21.2 Å². The summed E-state index contributed by atoms with van der Waals surface area (Å²) in [7, 11) is 1.66. The van der Waals surface area contributed by atoms with Gasteiger partial charge >= 0.3 is 0 Å². The molecule has 0 aromatic carbocycles. The van der Waals surface area contributed by atoms with Crippen LogP contribution in [0.2, 0.25) is 0 Å². The minimum Gasteiger partial charge on any atom is -0.495 e. The van der Waals surface area contributed by atoms with E-state index in [4.69, 9.17) is 9.47 Å². The maximum Gasteiger partial charge on any atom is 0.143 e. The average molecular weight is 333 g/mol. The molecule has 0 aliphatic carbocycles. The first-order valence-electron chi connectivity index (χ1n) is 4.49. The Morgan fingerprint density at radius 2 is 2.07 bits per heavy atom. The van der Waals surface area contributed by atoms with E-state index in [-0.39, 0.29) is 12.2 Å². The maximum absolute atomic E-state index is 5.70. The van der Waals surface area contributed by atoms with Crippen molar-refractivity contribution in [2.24, 2.45) is 0 Å². The fourth-order valence-corrected chi connectivity index (χ4v) is 2.84. The highest BCUT2D eigenvalue weighted by atomic mass is 79.9. The number of hydrogen-bond acceptors (Lipinski definition) is 3. The van der Waals surface area contributed by atoms with Crippen LogP contribution in [0.5, 0.6) is 5.75 Å². The molecule has 1 aromatic heterocycles. The molecule has 2 aliphatic heterocycles. The first-order valence-corrected chi connectivity index (χ1v) is 6.07. The zero-order chi connectivity index (χ0) is 10.6. The van der Waals surface area contributed by atoms with Gasteiger partial charge in [0, 0.05) is 0 Å². The van der Waals surface area contributed by atoms with Crippen molar-refractivity contribution in [2.45, 2.75) is 12.2 Å². The Hall–Kier alpha value is -0.390. The van der Waals surface area contributed by atoms with Crippen LogP contribution in [0, 0.1) is 0 Å². The predicted molar refractivity (Wildman–Crippen MR) is 61.9 cm³/mol. The summed E-state index contributed by atoms with van der Waals surface area (Å²) in [4.78, 5) is 4.46. The van der Waals surface area contributed by atoms with E-state index >= 15 is 0 Å². The third-order valence-corrected chi connectivity index (χ3v) is 4.47. The van der Waals surface area contributed by atoms with Gasteiger partial charge in [0.1, 0.15) is 22.6 Å². The summed E-state index contributed by atoms with van der Waals surface area (Å²) in [5.41, 5.74) is 1.99. The second-order valence-corrected chi connectivity index (χ2v) is 4.96. The minimum atomic E-state index is -0.0108. The van der Waals surface area contributed by atoms with Crippen LogP contribution in [0.25, 0.3) is 0 Å². The fourth-order valence-electron chi connectivity index (χ4n) is 2.01. The Kier molecular flexibility index (Phi) is 2.16. The Balaban J connectivity index is 2.29. The van der Waals surface area contributed by atoms with E-state index in [1.807, 2.05) is 12.2 Å². The molecule has 3 heterocycles. The van der Waals surface area contributed by atoms with E-state index in [9.17, 15) is 0 Å². The van der Waals surface area contributed by atoms with E-state index in [0.717, 1.165) is 26.1 Å². The molecule has 15 heavy (non-hydrogen) atoms. The number of fused-ring (bicyclic) bond motifs is 5. The van der Waals surface area contributed by atoms with Crippen LogP contribution in [-0.4, -0.2) is 12.1 Å². The van der Waals surface area contributed by atoms with Crippen LogP contribution < -0.4 is 4.74 Å². The SMILES string of the molecule is COc1c(Br)c(Br)nc2c1C1C=CC2O1. The standard InChI is InChI=1S/C10H7Br2NO2/c1-14-9-6-4-2-3-5(15-4)8(6)13-10(12)7(9)11/h2-5H,1H3. The molecule has 2 aliphatic rings. The van der Waals surface area contributed by atoms with Crippen molar-refractivity contribution >= 4 is 31.9 Å². The second kappa shape index (κ2) is 3.30. The van der Waals surface area contributed by atoms with Crippen LogP contribution in [0.1, 0.15) is 23.5 Å². The van der Waals surface area contributed by atoms with Crippen molar-refractivity contribution in [2.75, 3.05) is 7.11 Å². The third-order valence-electron chi connectivity index (χ3n) is 2.63. The summed E-state index contributed by atoms with van der Waals surface area (Å²) in [6.07, 6.45) is 4.05. The van der Waals surface area contributed by atoms with Crippen molar-refractivity contribution in [3.8, 4) is 5.75 Å². The smallest absolute Gasteiger partial charge is 0.143 e. The zero-order valence-corrected chi connectivity index (χ0v) is 11.0. The molecule has 1 aromatic rings. The molecule has 0 fully saturated rings. The lowest BCUT2D eigenvalue weighted by Crippen LogP contribution is -2.02. The largest absolute Gasteiger partial charge is 0.495 e. The van der Waals surface area contributed by atoms with Crippen molar-refractivity contribution < 1.29 is 9.47 Å². The molecule has 5 heteroatoms. The summed E-state index contributed by atoms with van der Waals surface area (Å²) >= 11 is 6.85. The van der Waals surface area contributed by atoms with E-state index in [0.29, 0.717) is 0 Å². The lowest BCUT2D eigenvalue weighted by atomic mass is 10.0. The molecule has 2 bridgehead atoms. The Morgan fingerprint density at radius 1 is 1.33 bits per heavy atom. The number of methoxy groups -OCH3 is 1. The van der Waals surface area contributed by atoms with Gasteiger partial charge in [-0.25, -0.2) is 4.98 Å². The van der Waals surface area contributed by atoms with Crippen LogP contribution in [0.3, 0.4) is 0 Å². The molecule has 3 rings (SSSR count). The van der Waals surface area contributed by atoms with Gasteiger partial charge in [-0.3, -0.25) is 0 Å². The predicted octanol–water partition coefficient (Wildman–Crippen LogP) is 3.30. The number of rotatable bonds is 1. The molecule has 0 spiro atoms. The quantitative estimate of drug-likeness (QED) is 0.584. The molecule has 2 atom stereocenters. The number of ether oxygens (including phenoxy) is 2. The van der Waals surface area contributed by atoms with Gasteiger partial charge < -0.3 is 9.47 Å². The molecule has 0 saturated carbocycles. The molecule has 3 nitrogen and oxygen atoms in total. The topological polar surface area (TPSA) is 31.4 Å². The first kappa shape index (κ1) is 9.81. The van der Waals surface area contributed by atoms with Gasteiger partial charge in [-0.05, 0) is 31.9 Å². The lowest BCUT2D eigenvalue weighted by Gasteiger charge is -2.14. The minimum absolute atomic E-state index is 0.00292. The van der Waals surface area contributed by atoms with Crippen molar-refractivity contribution in [3.05, 3.63) is 32.5 Å². The molecule has 78 valence electrons. The van der Waals surface area contributed by atoms with E-state index in [2.05, 4.69) is 36.8 Å². The number of nitrogens with zero attached hydrogens (tertiary/aromatic N) is 1. The highest BCUT2D eigenvalue weighted by Gasteiger charge is 2.39. The number of aromatic nitrogens is 1. The van der Waals surface area contributed by atoms with Crippen molar-refractivity contribution in [1.82, 2.24) is 4.98 Å². The molecule has 2 unspecified atom stereocenters. The van der Waals surface area contributed by atoms with Gasteiger partial charge in [0.25, 0.3) is 0 Å². The average Bonchev–Trinajstić information content (AvgIpc) is 2.80. The molecular weight excluding hydrogens is 326 g/mol. The van der Waals surface area contributed by atoms with Crippen molar-refractivity contribution in [3.63, 3.8) is 0 Å². The van der Waals surface area contributed by atoms with Crippen molar-refractivity contribution in [1.29, 1.82) is 0 Å². The second-order valence-electron chi connectivity index (χ2n) is 3.41. The highest BCUT2D eigenvalue weighted by Crippen LogP contribution is 2.51. The summed E-state index contributed by atoms with van der Waals surface area (Å²) < 4.78 is 12.7. The van der Waals surface area contributed by atoms with Gasteiger partial charge in [-0.1, -0.05) is 12.2 Å². The summed E-state index contributed by atoms with van der Waals surface area (Å²) in [5.74, 6) is 0.809. The monoisotopic (exact) mass is 331 g/mol. The van der Waals surface area contributed by atoms with Gasteiger partial charge in [-0.15, -0.1) is 0 Å². The van der Waals surface area contributed by atoms with Gasteiger partial charge in [-0.2, -0.15) is 0 Å². The summed E-state index contributed by atoms with van der Waals surface area (Å²) in [6, 6.07) is 0. The van der Waals surface area contributed by atoms with E-state index in [1.54, 1.807) is 7.11 Å². The van der Waals surface area contributed by atoms with Gasteiger partial charge in [0.05, 0.1) is 22.8 Å². The lowest BCUT2D eigenvalue weighted by molar-refractivity contribution is 0.0857. The number of hydrogen-bond donors (Lipinski definition) is 0. The molecule has 0 saturated heterocycles. The van der Waals surface area contributed by atoms with Crippen LogP contribution in [0.4, 0.5) is 0 Å².